The maximum atomic E-state index is 14.5. The predicted molar refractivity (Wildman–Crippen MR) is 78.9 cm³/mol. The molecule has 0 spiro atoms. The second-order valence-electron chi connectivity index (χ2n) is 5.46. The van der Waals surface area contributed by atoms with Gasteiger partial charge in [0.2, 0.25) is 0 Å². The Morgan fingerprint density at radius 1 is 1.47 bits per heavy atom. The summed E-state index contributed by atoms with van der Waals surface area (Å²) in [5.41, 5.74) is 0.434. The van der Waals surface area contributed by atoms with Crippen molar-refractivity contribution in [3.63, 3.8) is 0 Å². The van der Waals surface area contributed by atoms with Crippen LogP contribution in [-0.2, 0) is 6.54 Å². The highest BCUT2D eigenvalue weighted by atomic mass is 19.1. The quantitative estimate of drug-likeness (QED) is 0.801. The molecule has 0 saturated heterocycles. The number of hydrogen-bond donors (Lipinski definition) is 1. The number of aromatic nitrogens is 1. The van der Waals surface area contributed by atoms with Gasteiger partial charge < -0.3 is 10.2 Å². The fraction of sp³-hybridized carbons (Fsp3) is 0.533. The van der Waals surface area contributed by atoms with Crippen LogP contribution in [0.25, 0.3) is 0 Å². The van der Waals surface area contributed by atoms with Gasteiger partial charge in [0.25, 0.3) is 0 Å². The highest BCUT2D eigenvalue weighted by molar-refractivity contribution is 5.46. The van der Waals surface area contributed by atoms with Crippen molar-refractivity contribution < 1.29 is 4.39 Å². The summed E-state index contributed by atoms with van der Waals surface area (Å²) in [6, 6.07) is 1.72. The van der Waals surface area contributed by atoms with Crippen LogP contribution >= 0.6 is 0 Å². The highest BCUT2D eigenvalue weighted by Crippen LogP contribution is 2.26. The van der Waals surface area contributed by atoms with Crippen LogP contribution in [0.3, 0.4) is 0 Å². The molecule has 0 aliphatic rings. The molecule has 1 N–H and O–H groups in total. The van der Waals surface area contributed by atoms with Crippen molar-refractivity contribution in [2.24, 2.45) is 0 Å². The van der Waals surface area contributed by atoms with E-state index in [0.29, 0.717) is 24.5 Å². The summed E-state index contributed by atoms with van der Waals surface area (Å²) < 4.78 is 14.5. The molecule has 0 saturated carbocycles. The third kappa shape index (κ3) is 4.03. The van der Waals surface area contributed by atoms with Crippen LogP contribution in [0.15, 0.2) is 24.9 Å². The topological polar surface area (TPSA) is 28.2 Å². The van der Waals surface area contributed by atoms with Gasteiger partial charge in [-0.3, -0.25) is 0 Å². The summed E-state index contributed by atoms with van der Waals surface area (Å²) in [6.45, 7) is 13.7. The van der Waals surface area contributed by atoms with E-state index in [0.717, 1.165) is 6.54 Å². The molecule has 1 aromatic heterocycles. The van der Waals surface area contributed by atoms with Crippen molar-refractivity contribution in [1.82, 2.24) is 10.3 Å². The lowest BCUT2D eigenvalue weighted by Gasteiger charge is -2.36. The van der Waals surface area contributed by atoms with E-state index in [1.165, 1.54) is 0 Å². The van der Waals surface area contributed by atoms with Crippen molar-refractivity contribution in [2.75, 3.05) is 18.0 Å². The molecule has 0 aliphatic heterocycles. The Labute approximate surface area is 115 Å². The van der Waals surface area contributed by atoms with E-state index in [4.69, 9.17) is 0 Å². The molecule has 0 aromatic carbocycles. The van der Waals surface area contributed by atoms with Gasteiger partial charge in [-0.2, -0.15) is 0 Å². The molecule has 0 aliphatic carbocycles. The monoisotopic (exact) mass is 265 g/mol. The van der Waals surface area contributed by atoms with Gasteiger partial charge in [0, 0.05) is 30.4 Å². The van der Waals surface area contributed by atoms with Crippen LogP contribution in [0.1, 0.15) is 33.3 Å². The maximum Gasteiger partial charge on any atom is 0.170 e. The first-order valence-electron chi connectivity index (χ1n) is 6.64. The summed E-state index contributed by atoms with van der Waals surface area (Å²) in [5.74, 6) is 0.142. The van der Waals surface area contributed by atoms with E-state index in [-0.39, 0.29) is 11.4 Å². The minimum absolute atomic E-state index is 0.209. The van der Waals surface area contributed by atoms with Crippen molar-refractivity contribution >= 4 is 5.82 Å². The molecule has 1 heterocycles. The molecule has 1 rings (SSSR count). The van der Waals surface area contributed by atoms with Gasteiger partial charge in [0.15, 0.2) is 11.6 Å². The van der Waals surface area contributed by atoms with Crippen LogP contribution in [-0.4, -0.2) is 23.6 Å². The second-order valence-corrected chi connectivity index (χ2v) is 5.46. The Hall–Kier alpha value is -1.42. The lowest BCUT2D eigenvalue weighted by Crippen LogP contribution is -2.42. The van der Waals surface area contributed by atoms with E-state index in [1.807, 2.05) is 32.6 Å². The zero-order valence-electron chi connectivity index (χ0n) is 12.3. The van der Waals surface area contributed by atoms with Crippen molar-refractivity contribution in [2.45, 2.75) is 39.8 Å². The van der Waals surface area contributed by atoms with Gasteiger partial charge in [-0.15, -0.1) is 6.58 Å². The van der Waals surface area contributed by atoms with Gasteiger partial charge in [0.05, 0.1) is 0 Å². The first-order chi connectivity index (χ1) is 8.91. The number of rotatable bonds is 6. The van der Waals surface area contributed by atoms with E-state index < -0.39 is 0 Å². The highest BCUT2D eigenvalue weighted by Gasteiger charge is 2.25. The van der Waals surface area contributed by atoms with Crippen molar-refractivity contribution in [1.29, 1.82) is 0 Å². The summed E-state index contributed by atoms with van der Waals surface area (Å²) in [7, 11) is 0. The first kappa shape index (κ1) is 15.6. The summed E-state index contributed by atoms with van der Waals surface area (Å²) in [6.07, 6.45) is 3.43. The molecule has 4 heteroatoms. The largest absolute Gasteiger partial charge is 0.346 e. The summed E-state index contributed by atoms with van der Waals surface area (Å²) in [5, 5.41) is 3.14. The number of anilines is 1. The molecule has 0 amide bonds. The molecule has 0 atom stereocenters. The Balaban J connectivity index is 3.13. The van der Waals surface area contributed by atoms with E-state index in [1.54, 1.807) is 18.3 Å². The molecule has 0 bridgehead atoms. The lowest BCUT2D eigenvalue weighted by molar-refractivity contribution is 0.496. The Kier molecular flexibility index (Phi) is 5.48. The molecule has 0 fully saturated rings. The van der Waals surface area contributed by atoms with Crippen molar-refractivity contribution in [3.05, 3.63) is 36.3 Å². The normalized spacial score (nSPS) is 11.4. The van der Waals surface area contributed by atoms with Gasteiger partial charge >= 0.3 is 0 Å². The third-order valence-electron chi connectivity index (χ3n) is 2.89. The zero-order chi connectivity index (χ0) is 14.5. The second kappa shape index (κ2) is 6.66. The number of pyridine rings is 1. The maximum absolute atomic E-state index is 14.5. The predicted octanol–water partition coefficient (Wildman–Crippen LogP) is 3.12. The third-order valence-corrected chi connectivity index (χ3v) is 2.89. The minimum Gasteiger partial charge on any atom is -0.346 e. The van der Waals surface area contributed by atoms with Crippen LogP contribution in [0, 0.1) is 5.82 Å². The lowest BCUT2D eigenvalue weighted by atomic mass is 10.1. The molecule has 0 radical (unpaired) electrons. The molecule has 3 nitrogen and oxygen atoms in total. The van der Waals surface area contributed by atoms with Crippen LogP contribution in [0.2, 0.25) is 0 Å². The number of halogens is 1. The smallest absolute Gasteiger partial charge is 0.170 e. The average molecular weight is 265 g/mol. The van der Waals surface area contributed by atoms with Crippen molar-refractivity contribution in [3.8, 4) is 0 Å². The Bertz CT molecular complexity index is 424. The van der Waals surface area contributed by atoms with Gasteiger partial charge in [-0.25, -0.2) is 9.37 Å². The average Bonchev–Trinajstić information content (AvgIpc) is 2.34. The number of nitrogens with one attached hydrogen (secondary N) is 1. The van der Waals surface area contributed by atoms with Gasteiger partial charge in [0.1, 0.15) is 0 Å². The molecule has 19 heavy (non-hydrogen) atoms. The fourth-order valence-electron chi connectivity index (χ4n) is 1.86. The SMILES string of the molecule is C=CCN(c1nccc(CNCC)c1F)C(C)(C)C. The zero-order valence-corrected chi connectivity index (χ0v) is 12.3. The standard InChI is InChI=1S/C15H24FN3/c1-6-10-19(15(3,4)5)14-13(16)12(8-9-18-14)11-17-7-2/h6,8-9,17H,1,7,10-11H2,2-5H3. The van der Waals surface area contributed by atoms with Crippen LogP contribution in [0.4, 0.5) is 10.2 Å². The molecule has 106 valence electrons. The van der Waals surface area contributed by atoms with E-state index in [2.05, 4.69) is 16.9 Å². The first-order valence-corrected chi connectivity index (χ1v) is 6.64. The Morgan fingerprint density at radius 2 is 2.16 bits per heavy atom. The summed E-state index contributed by atoms with van der Waals surface area (Å²) >= 11 is 0. The molecule has 0 unspecified atom stereocenters. The van der Waals surface area contributed by atoms with Crippen LogP contribution < -0.4 is 10.2 Å². The van der Waals surface area contributed by atoms with E-state index in [9.17, 15) is 4.39 Å². The molecule has 1 aromatic rings. The summed E-state index contributed by atoms with van der Waals surface area (Å²) in [4.78, 5) is 6.13. The van der Waals surface area contributed by atoms with Crippen LogP contribution in [0.5, 0.6) is 0 Å². The molecular weight excluding hydrogens is 241 g/mol. The fourth-order valence-corrected chi connectivity index (χ4v) is 1.86. The molecular formula is C15H24FN3. The van der Waals surface area contributed by atoms with E-state index >= 15 is 0 Å². The van der Waals surface area contributed by atoms with Gasteiger partial charge in [-0.05, 0) is 33.4 Å². The Morgan fingerprint density at radius 3 is 2.68 bits per heavy atom. The number of nitrogens with zero attached hydrogens (tertiary/aromatic N) is 2. The number of hydrogen-bond acceptors (Lipinski definition) is 3. The van der Waals surface area contributed by atoms with Gasteiger partial charge in [-0.1, -0.05) is 13.0 Å². The minimum atomic E-state index is -0.250.